The molecule has 0 aliphatic carbocycles. The number of carbonyl (C=O) groups is 2. The molecule has 1 aliphatic heterocycles. The van der Waals surface area contributed by atoms with Crippen LogP contribution in [0.2, 0.25) is 0 Å². The van der Waals surface area contributed by atoms with Crippen LogP contribution in [0.4, 0.5) is 9.59 Å². The molecule has 2 aromatic carbocycles. The van der Waals surface area contributed by atoms with Gasteiger partial charge in [-0.3, -0.25) is 0 Å². The molecule has 0 bridgehead atoms. The summed E-state index contributed by atoms with van der Waals surface area (Å²) < 4.78 is 5.18. The first kappa shape index (κ1) is 19.5. The monoisotopic (exact) mass is 383 g/mol. The van der Waals surface area contributed by atoms with Crippen LogP contribution in [0.3, 0.4) is 0 Å². The van der Waals surface area contributed by atoms with Crippen LogP contribution in [0, 0.1) is 13.8 Å². The molecule has 1 unspecified atom stereocenters. The third kappa shape index (κ3) is 4.19. The van der Waals surface area contributed by atoms with Crippen molar-refractivity contribution in [3.63, 3.8) is 0 Å². The van der Waals surface area contributed by atoms with Crippen LogP contribution >= 0.6 is 0 Å². The summed E-state index contributed by atoms with van der Waals surface area (Å²) in [7, 11) is 1.62. The van der Waals surface area contributed by atoms with Gasteiger partial charge in [-0.25, -0.2) is 20.0 Å². The number of nitrogens with zero attached hydrogens (tertiary/aromatic N) is 2. The summed E-state index contributed by atoms with van der Waals surface area (Å²) in [6.07, 6.45) is -0.581. The Balaban J connectivity index is 1.81. The molecule has 0 aromatic heterocycles. The van der Waals surface area contributed by atoms with Gasteiger partial charge in [0, 0.05) is 6.54 Å². The summed E-state index contributed by atoms with van der Waals surface area (Å²) in [4.78, 5) is 25.6. The standard InChI is InChI=1S/C21H25N3O4/c1-14-4-7-17(12-15(14)2)19-13-24(22-20(25)26)21(27)23(19)11-10-16-5-8-18(28-3)9-6-16/h4-9,12,19,22H,10-11,13H2,1-3H3,(H,25,26). The average Bonchev–Trinajstić information content (AvgIpc) is 2.98. The second-order valence-corrected chi connectivity index (χ2v) is 6.96. The van der Waals surface area contributed by atoms with E-state index in [-0.39, 0.29) is 18.6 Å². The van der Waals surface area contributed by atoms with Crippen molar-refractivity contribution in [3.05, 3.63) is 64.7 Å². The molecular weight excluding hydrogens is 358 g/mol. The lowest BCUT2D eigenvalue weighted by Gasteiger charge is -2.24. The minimum atomic E-state index is -1.25. The van der Waals surface area contributed by atoms with E-state index in [4.69, 9.17) is 9.84 Å². The fourth-order valence-electron chi connectivity index (χ4n) is 3.40. The zero-order valence-corrected chi connectivity index (χ0v) is 16.3. The number of carboxylic acid groups (broad SMARTS) is 1. The first-order valence-corrected chi connectivity index (χ1v) is 9.17. The molecule has 1 fully saturated rings. The van der Waals surface area contributed by atoms with Gasteiger partial charge in [0.05, 0.1) is 19.7 Å². The van der Waals surface area contributed by atoms with Gasteiger partial charge in [0.1, 0.15) is 5.75 Å². The number of rotatable bonds is 6. The number of hydrogen-bond donors (Lipinski definition) is 2. The highest BCUT2D eigenvalue weighted by Crippen LogP contribution is 2.30. The van der Waals surface area contributed by atoms with Crippen molar-refractivity contribution in [1.82, 2.24) is 15.3 Å². The predicted molar refractivity (Wildman–Crippen MR) is 105 cm³/mol. The van der Waals surface area contributed by atoms with Gasteiger partial charge in [0.15, 0.2) is 0 Å². The zero-order valence-electron chi connectivity index (χ0n) is 16.3. The van der Waals surface area contributed by atoms with Crippen molar-refractivity contribution in [2.75, 3.05) is 20.2 Å². The first-order valence-electron chi connectivity index (χ1n) is 9.17. The van der Waals surface area contributed by atoms with E-state index in [1.807, 2.05) is 50.2 Å². The second kappa shape index (κ2) is 8.21. The van der Waals surface area contributed by atoms with Gasteiger partial charge in [0.2, 0.25) is 0 Å². The topological polar surface area (TPSA) is 82.1 Å². The number of hydrazine groups is 1. The second-order valence-electron chi connectivity index (χ2n) is 6.96. The number of methoxy groups -OCH3 is 1. The van der Waals surface area contributed by atoms with E-state index < -0.39 is 6.09 Å². The van der Waals surface area contributed by atoms with Crippen molar-refractivity contribution in [2.24, 2.45) is 0 Å². The predicted octanol–water partition coefficient (Wildman–Crippen LogP) is 3.52. The molecular formula is C21H25N3O4. The molecule has 148 valence electrons. The lowest BCUT2D eigenvalue weighted by Crippen LogP contribution is -2.44. The van der Waals surface area contributed by atoms with Crippen LogP contribution in [-0.4, -0.2) is 47.3 Å². The van der Waals surface area contributed by atoms with Gasteiger partial charge in [-0.1, -0.05) is 30.3 Å². The van der Waals surface area contributed by atoms with Gasteiger partial charge in [-0.15, -0.1) is 0 Å². The normalized spacial score (nSPS) is 16.4. The van der Waals surface area contributed by atoms with Crippen LogP contribution in [-0.2, 0) is 6.42 Å². The minimum absolute atomic E-state index is 0.211. The van der Waals surface area contributed by atoms with E-state index in [1.165, 1.54) is 5.56 Å². The molecule has 2 N–H and O–H groups in total. The number of amides is 3. The van der Waals surface area contributed by atoms with E-state index in [1.54, 1.807) is 12.0 Å². The van der Waals surface area contributed by atoms with E-state index in [9.17, 15) is 9.59 Å². The van der Waals surface area contributed by atoms with Crippen molar-refractivity contribution < 1.29 is 19.4 Å². The van der Waals surface area contributed by atoms with Crippen LogP contribution in [0.15, 0.2) is 42.5 Å². The Bertz CT molecular complexity index is 866. The number of ether oxygens (including phenoxy) is 1. The van der Waals surface area contributed by atoms with E-state index in [2.05, 4.69) is 11.5 Å². The molecule has 1 aliphatic rings. The zero-order chi connectivity index (χ0) is 20.3. The highest BCUT2D eigenvalue weighted by molar-refractivity contribution is 5.80. The van der Waals surface area contributed by atoms with E-state index in [0.717, 1.165) is 27.4 Å². The van der Waals surface area contributed by atoms with Crippen LogP contribution in [0.25, 0.3) is 0 Å². The molecule has 3 rings (SSSR count). The molecule has 7 heteroatoms. The number of hydrogen-bond acceptors (Lipinski definition) is 3. The number of nitrogens with one attached hydrogen (secondary N) is 1. The Morgan fingerprint density at radius 1 is 1.18 bits per heavy atom. The minimum Gasteiger partial charge on any atom is -0.497 e. The molecule has 1 heterocycles. The Morgan fingerprint density at radius 3 is 2.50 bits per heavy atom. The Kier molecular flexibility index (Phi) is 5.73. The summed E-state index contributed by atoms with van der Waals surface area (Å²) >= 11 is 0. The molecule has 2 aromatic rings. The lowest BCUT2D eigenvalue weighted by molar-refractivity contribution is 0.148. The molecule has 7 nitrogen and oxygen atoms in total. The number of benzene rings is 2. The first-order chi connectivity index (χ1) is 13.4. The van der Waals surface area contributed by atoms with E-state index in [0.29, 0.717) is 13.0 Å². The highest BCUT2D eigenvalue weighted by Gasteiger charge is 2.38. The fourth-order valence-corrected chi connectivity index (χ4v) is 3.40. The maximum absolute atomic E-state index is 12.8. The summed E-state index contributed by atoms with van der Waals surface area (Å²) in [6, 6.07) is 13.3. The number of carbonyl (C=O) groups excluding carboxylic acids is 1. The third-order valence-corrected chi connectivity index (χ3v) is 5.16. The summed E-state index contributed by atoms with van der Waals surface area (Å²) in [6.45, 7) is 4.83. The molecule has 1 atom stereocenters. The molecule has 0 saturated carbocycles. The number of urea groups is 1. The molecule has 0 radical (unpaired) electrons. The third-order valence-electron chi connectivity index (χ3n) is 5.16. The van der Waals surface area contributed by atoms with Crippen LogP contribution in [0.5, 0.6) is 5.75 Å². The smallest absolute Gasteiger partial charge is 0.423 e. The van der Waals surface area contributed by atoms with Gasteiger partial charge in [0.25, 0.3) is 0 Å². The van der Waals surface area contributed by atoms with Gasteiger partial charge in [-0.2, -0.15) is 0 Å². The highest BCUT2D eigenvalue weighted by atomic mass is 16.5. The fraction of sp³-hybridized carbons (Fsp3) is 0.333. The summed E-state index contributed by atoms with van der Waals surface area (Å²) in [5, 5.41) is 10.2. The molecule has 1 saturated heterocycles. The average molecular weight is 383 g/mol. The number of aryl methyl sites for hydroxylation is 2. The van der Waals surface area contributed by atoms with Crippen molar-refractivity contribution in [3.8, 4) is 5.75 Å². The maximum atomic E-state index is 12.8. The van der Waals surface area contributed by atoms with Crippen molar-refractivity contribution in [2.45, 2.75) is 26.3 Å². The quantitative estimate of drug-likeness (QED) is 0.800. The van der Waals surface area contributed by atoms with Gasteiger partial charge < -0.3 is 14.7 Å². The molecule has 0 spiro atoms. The molecule has 28 heavy (non-hydrogen) atoms. The van der Waals surface area contributed by atoms with Crippen molar-refractivity contribution in [1.29, 1.82) is 0 Å². The van der Waals surface area contributed by atoms with Crippen LogP contribution in [0.1, 0.15) is 28.3 Å². The maximum Gasteiger partial charge on any atom is 0.423 e. The lowest BCUT2D eigenvalue weighted by atomic mass is 10.0. The van der Waals surface area contributed by atoms with E-state index >= 15 is 0 Å². The van der Waals surface area contributed by atoms with Gasteiger partial charge >= 0.3 is 12.1 Å². The summed E-state index contributed by atoms with van der Waals surface area (Å²) in [5.41, 5.74) is 6.61. The molecule has 3 amide bonds. The Morgan fingerprint density at radius 2 is 1.89 bits per heavy atom. The van der Waals surface area contributed by atoms with Gasteiger partial charge in [-0.05, 0) is 54.7 Å². The van der Waals surface area contributed by atoms with Crippen molar-refractivity contribution >= 4 is 12.1 Å². The Hall–Kier alpha value is -3.22. The largest absolute Gasteiger partial charge is 0.497 e. The van der Waals surface area contributed by atoms with Crippen LogP contribution < -0.4 is 10.2 Å². The SMILES string of the molecule is COc1ccc(CCN2C(=O)N(NC(=O)O)CC2c2ccc(C)c(C)c2)cc1. The Labute approximate surface area is 164 Å². The summed E-state index contributed by atoms with van der Waals surface area (Å²) in [5.74, 6) is 0.783.